The molecule has 18 heavy (non-hydrogen) atoms. The molecule has 1 aliphatic rings. The van der Waals surface area contributed by atoms with Crippen LogP contribution in [-0.2, 0) is 12.0 Å². The van der Waals surface area contributed by atoms with E-state index in [0.29, 0.717) is 24.2 Å². The van der Waals surface area contributed by atoms with Crippen molar-refractivity contribution in [2.45, 2.75) is 45.6 Å². The monoisotopic (exact) mass is 253 g/mol. The number of aromatic nitrogens is 2. The highest BCUT2D eigenvalue weighted by atomic mass is 16.4. The van der Waals surface area contributed by atoms with Crippen LogP contribution < -0.4 is 0 Å². The van der Waals surface area contributed by atoms with E-state index in [2.05, 4.69) is 35.9 Å². The Morgan fingerprint density at radius 2 is 2.17 bits per heavy atom. The Morgan fingerprint density at radius 3 is 2.78 bits per heavy atom. The second kappa shape index (κ2) is 5.36. The Labute approximate surface area is 108 Å². The maximum atomic E-state index is 9.21. The first-order valence-electron chi connectivity index (χ1n) is 6.65. The van der Waals surface area contributed by atoms with Crippen LogP contribution in [0.25, 0.3) is 0 Å². The highest BCUT2D eigenvalue weighted by molar-refractivity contribution is 4.96. The minimum atomic E-state index is -0.0964. The third-order valence-corrected chi connectivity index (χ3v) is 3.33. The van der Waals surface area contributed by atoms with E-state index in [-0.39, 0.29) is 12.0 Å². The van der Waals surface area contributed by atoms with E-state index in [1.165, 1.54) is 0 Å². The average molecular weight is 253 g/mol. The van der Waals surface area contributed by atoms with E-state index in [4.69, 9.17) is 4.42 Å². The van der Waals surface area contributed by atoms with Gasteiger partial charge in [0.2, 0.25) is 11.8 Å². The first-order valence-corrected chi connectivity index (χ1v) is 6.65. The Bertz CT molecular complexity index is 384. The second-order valence-corrected chi connectivity index (χ2v) is 6.18. The van der Waals surface area contributed by atoms with Crippen molar-refractivity contribution >= 4 is 0 Å². The Balaban J connectivity index is 1.95. The summed E-state index contributed by atoms with van der Waals surface area (Å²) in [5.41, 5.74) is -0.0964. The standard InChI is InChI=1S/C13H23N3O2/c1-13(2,3)12-15-14-11(18-12)8-16-6-4-5-10(7-16)9-17/h10,17H,4-9H2,1-3H3. The molecule has 1 N–H and O–H groups in total. The molecule has 0 bridgehead atoms. The average Bonchev–Trinajstić information content (AvgIpc) is 2.77. The molecule has 0 aromatic carbocycles. The molecule has 1 aromatic rings. The normalized spacial score (nSPS) is 22.3. The summed E-state index contributed by atoms with van der Waals surface area (Å²) in [6.45, 7) is 9.12. The summed E-state index contributed by atoms with van der Waals surface area (Å²) in [5.74, 6) is 1.76. The van der Waals surface area contributed by atoms with E-state index in [9.17, 15) is 5.11 Å². The van der Waals surface area contributed by atoms with Gasteiger partial charge in [-0.3, -0.25) is 4.90 Å². The lowest BCUT2D eigenvalue weighted by Crippen LogP contribution is -2.36. The second-order valence-electron chi connectivity index (χ2n) is 6.18. The first-order chi connectivity index (χ1) is 8.49. The molecular weight excluding hydrogens is 230 g/mol. The Hall–Kier alpha value is -0.940. The SMILES string of the molecule is CC(C)(C)c1nnc(CN2CCCC(CO)C2)o1. The van der Waals surface area contributed by atoms with Gasteiger partial charge in [-0.05, 0) is 25.3 Å². The zero-order valence-corrected chi connectivity index (χ0v) is 11.5. The molecule has 1 atom stereocenters. The smallest absolute Gasteiger partial charge is 0.230 e. The van der Waals surface area contributed by atoms with E-state index in [1.54, 1.807) is 0 Å². The molecule has 0 saturated carbocycles. The van der Waals surface area contributed by atoms with Crippen molar-refractivity contribution in [2.24, 2.45) is 5.92 Å². The van der Waals surface area contributed by atoms with Crippen LogP contribution in [0, 0.1) is 5.92 Å². The fourth-order valence-corrected chi connectivity index (χ4v) is 2.26. The van der Waals surface area contributed by atoms with Crippen LogP contribution in [0.3, 0.4) is 0 Å². The van der Waals surface area contributed by atoms with Crippen molar-refractivity contribution in [1.82, 2.24) is 15.1 Å². The summed E-state index contributed by atoms with van der Waals surface area (Å²) in [6, 6.07) is 0. The first kappa shape index (κ1) is 13.5. The fraction of sp³-hybridized carbons (Fsp3) is 0.846. The third kappa shape index (κ3) is 3.29. The highest BCUT2D eigenvalue weighted by Crippen LogP contribution is 2.22. The topological polar surface area (TPSA) is 62.4 Å². The predicted octanol–water partition coefficient (Wildman–Crippen LogP) is 1.57. The number of hydrogen-bond acceptors (Lipinski definition) is 5. The molecule has 5 heteroatoms. The molecule has 2 rings (SSSR count). The number of piperidine rings is 1. The Kier molecular flexibility index (Phi) is 4.02. The van der Waals surface area contributed by atoms with Crippen LogP contribution in [0.1, 0.15) is 45.4 Å². The lowest BCUT2D eigenvalue weighted by atomic mass is 9.97. The number of nitrogens with zero attached hydrogens (tertiary/aromatic N) is 3. The van der Waals surface area contributed by atoms with Gasteiger partial charge in [0.05, 0.1) is 6.54 Å². The highest BCUT2D eigenvalue weighted by Gasteiger charge is 2.24. The summed E-state index contributed by atoms with van der Waals surface area (Å²) < 4.78 is 5.69. The van der Waals surface area contributed by atoms with Gasteiger partial charge in [0.25, 0.3) is 0 Å². The van der Waals surface area contributed by atoms with Gasteiger partial charge in [-0.2, -0.15) is 0 Å². The molecular formula is C13H23N3O2. The van der Waals surface area contributed by atoms with E-state index < -0.39 is 0 Å². The van der Waals surface area contributed by atoms with Crippen LogP contribution in [-0.4, -0.2) is 39.9 Å². The number of hydrogen-bond donors (Lipinski definition) is 1. The fourth-order valence-electron chi connectivity index (χ4n) is 2.26. The van der Waals surface area contributed by atoms with Crippen molar-refractivity contribution in [3.05, 3.63) is 11.8 Å². The molecule has 2 heterocycles. The van der Waals surface area contributed by atoms with Crippen LogP contribution in [0.4, 0.5) is 0 Å². The van der Waals surface area contributed by atoms with Crippen LogP contribution in [0.2, 0.25) is 0 Å². The van der Waals surface area contributed by atoms with Crippen LogP contribution in [0.5, 0.6) is 0 Å². The van der Waals surface area contributed by atoms with Crippen molar-refractivity contribution < 1.29 is 9.52 Å². The predicted molar refractivity (Wildman–Crippen MR) is 68.1 cm³/mol. The summed E-state index contributed by atoms with van der Waals surface area (Å²) in [5, 5.41) is 17.4. The van der Waals surface area contributed by atoms with Gasteiger partial charge in [0.15, 0.2) is 0 Å². The molecule has 0 amide bonds. The molecule has 102 valence electrons. The summed E-state index contributed by atoms with van der Waals surface area (Å²) in [6.07, 6.45) is 2.25. The number of rotatable bonds is 3. The largest absolute Gasteiger partial charge is 0.423 e. The minimum Gasteiger partial charge on any atom is -0.423 e. The zero-order chi connectivity index (χ0) is 13.2. The number of aliphatic hydroxyl groups excluding tert-OH is 1. The van der Waals surface area contributed by atoms with E-state index >= 15 is 0 Å². The summed E-state index contributed by atoms with van der Waals surface area (Å²) in [7, 11) is 0. The van der Waals surface area contributed by atoms with Gasteiger partial charge in [-0.1, -0.05) is 20.8 Å². The van der Waals surface area contributed by atoms with Crippen molar-refractivity contribution in [3.63, 3.8) is 0 Å². The molecule has 5 nitrogen and oxygen atoms in total. The summed E-state index contributed by atoms with van der Waals surface area (Å²) in [4.78, 5) is 2.28. The van der Waals surface area contributed by atoms with E-state index in [0.717, 1.165) is 25.9 Å². The quantitative estimate of drug-likeness (QED) is 0.886. The molecule has 1 aromatic heterocycles. The van der Waals surface area contributed by atoms with Crippen molar-refractivity contribution in [1.29, 1.82) is 0 Å². The maximum absolute atomic E-state index is 9.21. The van der Waals surface area contributed by atoms with Gasteiger partial charge in [-0.25, -0.2) is 0 Å². The molecule has 1 aliphatic heterocycles. The number of aliphatic hydroxyl groups is 1. The van der Waals surface area contributed by atoms with Gasteiger partial charge < -0.3 is 9.52 Å². The maximum Gasteiger partial charge on any atom is 0.230 e. The van der Waals surface area contributed by atoms with Crippen LogP contribution in [0.15, 0.2) is 4.42 Å². The molecule has 0 radical (unpaired) electrons. The van der Waals surface area contributed by atoms with Crippen molar-refractivity contribution in [3.8, 4) is 0 Å². The lowest BCUT2D eigenvalue weighted by Gasteiger charge is -2.30. The van der Waals surface area contributed by atoms with Gasteiger partial charge in [0.1, 0.15) is 0 Å². The molecule has 1 fully saturated rings. The molecule has 1 unspecified atom stereocenters. The summed E-state index contributed by atoms with van der Waals surface area (Å²) >= 11 is 0. The Morgan fingerprint density at radius 1 is 1.39 bits per heavy atom. The zero-order valence-electron chi connectivity index (χ0n) is 11.5. The molecule has 0 spiro atoms. The van der Waals surface area contributed by atoms with Gasteiger partial charge in [-0.15, -0.1) is 10.2 Å². The van der Waals surface area contributed by atoms with Gasteiger partial charge in [0, 0.05) is 18.6 Å². The van der Waals surface area contributed by atoms with E-state index in [1.807, 2.05) is 0 Å². The lowest BCUT2D eigenvalue weighted by molar-refractivity contribution is 0.108. The minimum absolute atomic E-state index is 0.0964. The molecule has 1 saturated heterocycles. The van der Waals surface area contributed by atoms with Gasteiger partial charge >= 0.3 is 0 Å². The third-order valence-electron chi connectivity index (χ3n) is 3.33. The van der Waals surface area contributed by atoms with Crippen molar-refractivity contribution in [2.75, 3.05) is 19.7 Å². The van der Waals surface area contributed by atoms with Crippen LogP contribution >= 0.6 is 0 Å². The number of likely N-dealkylation sites (tertiary alicyclic amines) is 1. The molecule has 0 aliphatic carbocycles.